The van der Waals surface area contributed by atoms with Gasteiger partial charge in [-0.15, -0.1) is 13.2 Å². The van der Waals surface area contributed by atoms with E-state index in [-0.39, 0.29) is 0 Å². The molecule has 0 aliphatic carbocycles. The maximum Gasteiger partial charge on any atom is 0.310 e. The average Bonchev–Trinajstić information content (AvgIpc) is 2.39. The molecule has 0 saturated heterocycles. The smallest absolute Gasteiger partial charge is 0.310 e. The van der Waals surface area contributed by atoms with Crippen molar-refractivity contribution in [1.29, 1.82) is 0 Å². The lowest BCUT2D eigenvalue weighted by Crippen LogP contribution is -2.23. The molecule has 1 rings (SSSR count). The van der Waals surface area contributed by atoms with Crippen molar-refractivity contribution in [1.82, 2.24) is 4.90 Å². The van der Waals surface area contributed by atoms with Crippen LogP contribution in [0.2, 0.25) is 0 Å². The Bertz CT molecular complexity index is 427. The van der Waals surface area contributed by atoms with Crippen LogP contribution in [0.15, 0.2) is 49.6 Å². The minimum absolute atomic E-state index is 0.466. The molecule has 1 aromatic carbocycles. The van der Waals surface area contributed by atoms with Crippen LogP contribution in [0, 0.1) is 0 Å². The Morgan fingerprint density at radius 2 is 1.79 bits per heavy atom. The summed E-state index contributed by atoms with van der Waals surface area (Å²) in [5.41, 5.74) is 1.99. The lowest BCUT2D eigenvalue weighted by Gasteiger charge is -2.19. The molecule has 102 valence electrons. The van der Waals surface area contributed by atoms with E-state index in [4.69, 9.17) is 5.11 Å². The second-order valence-corrected chi connectivity index (χ2v) is 4.57. The molecular weight excluding hydrogens is 238 g/mol. The third-order valence-corrected chi connectivity index (χ3v) is 3.03. The number of benzene rings is 1. The van der Waals surface area contributed by atoms with E-state index in [1.165, 1.54) is 0 Å². The van der Waals surface area contributed by atoms with Gasteiger partial charge in [0.2, 0.25) is 0 Å². The molecule has 0 aliphatic heterocycles. The summed E-state index contributed by atoms with van der Waals surface area (Å²) in [7, 11) is 0. The highest BCUT2D eigenvalue weighted by Gasteiger charge is 2.13. The van der Waals surface area contributed by atoms with Gasteiger partial charge in [-0.2, -0.15) is 0 Å². The molecule has 0 aliphatic rings. The van der Waals surface area contributed by atoms with Crippen molar-refractivity contribution >= 4 is 5.97 Å². The van der Waals surface area contributed by atoms with E-state index in [0.29, 0.717) is 0 Å². The number of rotatable bonds is 8. The molecule has 0 saturated carbocycles. The van der Waals surface area contributed by atoms with Crippen LogP contribution >= 0.6 is 0 Å². The van der Waals surface area contributed by atoms with Crippen LogP contribution < -0.4 is 0 Å². The Morgan fingerprint density at radius 1 is 1.26 bits per heavy atom. The zero-order valence-electron chi connectivity index (χ0n) is 11.4. The molecule has 0 bridgehead atoms. The number of hydrogen-bond acceptors (Lipinski definition) is 2. The van der Waals surface area contributed by atoms with Crippen molar-refractivity contribution in [3.05, 3.63) is 60.7 Å². The van der Waals surface area contributed by atoms with Crippen molar-refractivity contribution in [2.75, 3.05) is 13.1 Å². The number of aliphatic carboxylic acids is 1. The second-order valence-electron chi connectivity index (χ2n) is 4.57. The predicted octanol–water partition coefficient (Wildman–Crippen LogP) is 3.05. The highest BCUT2D eigenvalue weighted by molar-refractivity contribution is 5.75. The van der Waals surface area contributed by atoms with Gasteiger partial charge in [0, 0.05) is 19.6 Å². The molecule has 0 aromatic heterocycles. The van der Waals surface area contributed by atoms with Crippen LogP contribution in [-0.2, 0) is 11.3 Å². The number of carboxylic acid groups (broad SMARTS) is 1. The van der Waals surface area contributed by atoms with Crippen molar-refractivity contribution in [3.8, 4) is 0 Å². The first-order chi connectivity index (χ1) is 9.08. The van der Waals surface area contributed by atoms with Gasteiger partial charge in [-0.05, 0) is 18.1 Å². The Kier molecular flexibility index (Phi) is 6.03. The minimum atomic E-state index is -0.798. The van der Waals surface area contributed by atoms with E-state index < -0.39 is 11.9 Å². The van der Waals surface area contributed by atoms with Crippen LogP contribution in [0.5, 0.6) is 0 Å². The maximum atomic E-state index is 10.9. The average molecular weight is 259 g/mol. The van der Waals surface area contributed by atoms with Gasteiger partial charge in [-0.25, -0.2) is 0 Å². The Labute approximate surface area is 114 Å². The zero-order chi connectivity index (χ0) is 14.3. The number of carbonyl (C=O) groups is 1. The van der Waals surface area contributed by atoms with Gasteiger partial charge in [0.25, 0.3) is 0 Å². The van der Waals surface area contributed by atoms with Crippen molar-refractivity contribution in [3.63, 3.8) is 0 Å². The van der Waals surface area contributed by atoms with Crippen LogP contribution in [-0.4, -0.2) is 29.1 Å². The standard InChI is InChI=1S/C16H21NO2/c1-4-10-17(11-5-2)12-14-6-8-15(9-7-14)13(3)16(18)19/h4-9,13H,1-2,10-12H2,3H3,(H,18,19). The first-order valence-corrected chi connectivity index (χ1v) is 6.34. The summed E-state index contributed by atoms with van der Waals surface area (Å²) in [6, 6.07) is 7.73. The lowest BCUT2D eigenvalue weighted by molar-refractivity contribution is -0.138. The van der Waals surface area contributed by atoms with E-state index >= 15 is 0 Å². The van der Waals surface area contributed by atoms with Crippen LogP contribution in [0.4, 0.5) is 0 Å². The zero-order valence-corrected chi connectivity index (χ0v) is 11.4. The van der Waals surface area contributed by atoms with E-state index in [1.54, 1.807) is 6.92 Å². The van der Waals surface area contributed by atoms with Crippen LogP contribution in [0.1, 0.15) is 24.0 Å². The predicted molar refractivity (Wildman–Crippen MR) is 78.2 cm³/mol. The van der Waals surface area contributed by atoms with Gasteiger partial charge < -0.3 is 5.11 Å². The third kappa shape index (κ3) is 4.72. The van der Waals surface area contributed by atoms with Crippen LogP contribution in [0.3, 0.4) is 0 Å². The number of nitrogens with zero attached hydrogens (tertiary/aromatic N) is 1. The van der Waals surface area contributed by atoms with E-state index in [2.05, 4.69) is 18.1 Å². The quantitative estimate of drug-likeness (QED) is 0.729. The third-order valence-electron chi connectivity index (χ3n) is 3.03. The van der Waals surface area contributed by atoms with Crippen molar-refractivity contribution < 1.29 is 9.90 Å². The summed E-state index contributed by atoms with van der Waals surface area (Å²) < 4.78 is 0. The lowest BCUT2D eigenvalue weighted by atomic mass is 10.00. The van der Waals surface area contributed by atoms with E-state index in [1.807, 2.05) is 36.4 Å². The molecule has 3 nitrogen and oxygen atoms in total. The molecule has 1 unspecified atom stereocenters. The molecule has 1 aromatic rings. The molecule has 0 heterocycles. The topological polar surface area (TPSA) is 40.5 Å². The van der Waals surface area contributed by atoms with Gasteiger partial charge in [-0.3, -0.25) is 9.69 Å². The Hall–Kier alpha value is -1.87. The van der Waals surface area contributed by atoms with E-state index in [9.17, 15) is 4.79 Å². The molecular formula is C16H21NO2. The largest absolute Gasteiger partial charge is 0.481 e. The molecule has 0 amide bonds. The normalized spacial score (nSPS) is 12.1. The molecule has 0 fully saturated rings. The summed E-state index contributed by atoms with van der Waals surface area (Å²) in [5, 5.41) is 8.96. The fourth-order valence-electron chi connectivity index (χ4n) is 1.88. The molecule has 0 radical (unpaired) electrons. The van der Waals surface area contributed by atoms with Gasteiger partial charge in [0.1, 0.15) is 0 Å². The molecule has 19 heavy (non-hydrogen) atoms. The summed E-state index contributed by atoms with van der Waals surface area (Å²) in [6.07, 6.45) is 3.73. The highest BCUT2D eigenvalue weighted by atomic mass is 16.4. The fourth-order valence-corrected chi connectivity index (χ4v) is 1.88. The summed E-state index contributed by atoms with van der Waals surface area (Å²) in [6.45, 7) is 11.6. The van der Waals surface area contributed by atoms with Crippen molar-refractivity contribution in [2.45, 2.75) is 19.4 Å². The van der Waals surface area contributed by atoms with Gasteiger partial charge >= 0.3 is 5.97 Å². The maximum absolute atomic E-state index is 10.9. The highest BCUT2D eigenvalue weighted by Crippen LogP contribution is 2.16. The molecule has 3 heteroatoms. The SMILES string of the molecule is C=CCN(CC=C)Cc1ccc(C(C)C(=O)O)cc1. The van der Waals surface area contributed by atoms with Gasteiger partial charge in [-0.1, -0.05) is 36.4 Å². The summed E-state index contributed by atoms with van der Waals surface area (Å²) in [4.78, 5) is 13.1. The van der Waals surface area contributed by atoms with Gasteiger partial charge in [0.15, 0.2) is 0 Å². The summed E-state index contributed by atoms with van der Waals surface area (Å²) in [5.74, 6) is -1.26. The second kappa shape index (κ2) is 7.54. The molecule has 0 spiro atoms. The Balaban J connectivity index is 2.72. The molecule has 1 atom stereocenters. The van der Waals surface area contributed by atoms with E-state index in [0.717, 1.165) is 30.8 Å². The van der Waals surface area contributed by atoms with Gasteiger partial charge in [0.05, 0.1) is 5.92 Å². The monoisotopic (exact) mass is 259 g/mol. The number of hydrogen-bond donors (Lipinski definition) is 1. The first-order valence-electron chi connectivity index (χ1n) is 6.34. The fraction of sp³-hybridized carbons (Fsp3) is 0.312. The van der Waals surface area contributed by atoms with Crippen molar-refractivity contribution in [2.24, 2.45) is 0 Å². The van der Waals surface area contributed by atoms with Crippen LogP contribution in [0.25, 0.3) is 0 Å². The Morgan fingerprint density at radius 3 is 2.21 bits per heavy atom. The summed E-state index contributed by atoms with van der Waals surface area (Å²) >= 11 is 0. The molecule has 1 N–H and O–H groups in total. The first kappa shape index (κ1) is 15.2. The number of carboxylic acids is 1. The minimum Gasteiger partial charge on any atom is -0.481 e.